The molecule has 0 aromatic heterocycles. The molecule has 1 N–H and O–H groups in total. The molecule has 4 fully saturated rings. The van der Waals surface area contributed by atoms with Gasteiger partial charge in [0.2, 0.25) is 17.7 Å². The number of hydrogen-bond acceptors (Lipinski definition) is 9. The predicted octanol–water partition coefficient (Wildman–Crippen LogP) is 2.19. The fourth-order valence-electron chi connectivity index (χ4n) is 8.01. The highest BCUT2D eigenvalue weighted by Crippen LogP contribution is 2.59. The summed E-state index contributed by atoms with van der Waals surface area (Å²) in [5.41, 5.74) is -0.469. The number of amides is 3. The Balaban J connectivity index is 1.41. The molecule has 268 valence electrons. The van der Waals surface area contributed by atoms with Crippen LogP contribution in [-0.2, 0) is 33.4 Å². The van der Waals surface area contributed by atoms with Crippen LogP contribution in [-0.4, -0.2) is 138 Å². The highest BCUT2D eigenvalue weighted by Gasteiger charge is 2.75. The van der Waals surface area contributed by atoms with E-state index >= 15 is 0 Å². The second kappa shape index (κ2) is 16.4. The first-order chi connectivity index (χ1) is 23.7. The average Bonchev–Trinajstić information content (AvgIpc) is 3.77. The van der Waals surface area contributed by atoms with Crippen LogP contribution < -0.4 is 0 Å². The minimum atomic E-state index is -1.19. The van der Waals surface area contributed by atoms with E-state index in [0.29, 0.717) is 52.1 Å². The molecule has 1 aromatic rings. The van der Waals surface area contributed by atoms with Crippen molar-refractivity contribution in [1.82, 2.24) is 19.6 Å². The van der Waals surface area contributed by atoms with Gasteiger partial charge in [0.1, 0.15) is 17.7 Å². The van der Waals surface area contributed by atoms with Crippen molar-refractivity contribution in [2.24, 2.45) is 11.8 Å². The predicted molar refractivity (Wildman–Crippen MR) is 182 cm³/mol. The van der Waals surface area contributed by atoms with Crippen molar-refractivity contribution in [1.29, 1.82) is 0 Å². The van der Waals surface area contributed by atoms with Crippen molar-refractivity contribution in [3.63, 3.8) is 0 Å². The summed E-state index contributed by atoms with van der Waals surface area (Å²) in [5.74, 6) is -3.08. The Morgan fingerprint density at radius 3 is 2.55 bits per heavy atom. The zero-order valence-electron chi connectivity index (χ0n) is 28.9. The molecule has 49 heavy (non-hydrogen) atoms. The van der Waals surface area contributed by atoms with Crippen molar-refractivity contribution < 1.29 is 38.5 Å². The molecular formula is C37H52N4O8. The summed E-state index contributed by atoms with van der Waals surface area (Å²) in [5, 5.41) is 9.72. The average molecular weight is 681 g/mol. The minimum Gasteiger partial charge on any atom is -0.455 e. The molecule has 4 aliphatic rings. The highest BCUT2D eigenvalue weighted by atomic mass is 16.6. The molecule has 0 unspecified atom stereocenters. The molecule has 12 nitrogen and oxygen atoms in total. The first-order valence-corrected chi connectivity index (χ1v) is 17.6. The third-order valence-electron chi connectivity index (χ3n) is 10.7. The summed E-state index contributed by atoms with van der Waals surface area (Å²) >= 11 is 0. The monoisotopic (exact) mass is 680 g/mol. The van der Waals surface area contributed by atoms with E-state index in [-0.39, 0.29) is 43.7 Å². The van der Waals surface area contributed by atoms with Crippen LogP contribution >= 0.6 is 0 Å². The molecule has 2 bridgehead atoms. The van der Waals surface area contributed by atoms with Gasteiger partial charge in [0.25, 0.3) is 0 Å². The Bertz CT molecular complexity index is 1350. The van der Waals surface area contributed by atoms with Crippen LogP contribution in [0.4, 0.5) is 0 Å². The van der Waals surface area contributed by atoms with Gasteiger partial charge < -0.3 is 34.0 Å². The van der Waals surface area contributed by atoms with Crippen molar-refractivity contribution in [3.05, 3.63) is 61.2 Å². The Morgan fingerprint density at radius 1 is 1.14 bits per heavy atom. The van der Waals surface area contributed by atoms with Crippen LogP contribution in [0.3, 0.4) is 0 Å². The molecule has 4 saturated heterocycles. The number of aliphatic hydroxyl groups is 1. The zero-order valence-corrected chi connectivity index (χ0v) is 28.9. The van der Waals surface area contributed by atoms with Gasteiger partial charge >= 0.3 is 5.97 Å². The van der Waals surface area contributed by atoms with Gasteiger partial charge in [-0.3, -0.25) is 24.1 Å². The smallest absolute Gasteiger partial charge is 0.313 e. The maximum Gasteiger partial charge on any atom is 0.313 e. The Labute approximate surface area is 289 Å². The summed E-state index contributed by atoms with van der Waals surface area (Å²) in [6.45, 7) is 13.7. The first kappa shape index (κ1) is 36.7. The third kappa shape index (κ3) is 7.47. The number of ether oxygens (including phenoxy) is 3. The lowest BCUT2D eigenvalue weighted by atomic mass is 9.70. The van der Waals surface area contributed by atoms with Crippen LogP contribution in [0.15, 0.2) is 55.6 Å². The number of allylic oxidation sites excluding steroid dienone is 1. The molecule has 3 amide bonds. The molecular weight excluding hydrogens is 628 g/mol. The lowest BCUT2D eigenvalue weighted by Crippen LogP contribution is -2.57. The normalized spacial score (nSPS) is 27.3. The number of fused-ring (bicyclic) bond motifs is 1. The SMILES string of the molecule is C=CCCC(=O)N(C)[C@@H](C)[C@@H](OC(=O)[C@@H]1[C@H]2C(=O)N(CCCO)[C@H](C(=O)N(CC=C)CCN3CCOCC3)[C@]23CC[C@H]1O3)c1ccccc1. The Morgan fingerprint density at radius 2 is 1.88 bits per heavy atom. The summed E-state index contributed by atoms with van der Waals surface area (Å²) in [6, 6.07) is 7.82. The molecule has 0 saturated carbocycles. The molecule has 1 aromatic carbocycles. The highest BCUT2D eigenvalue weighted by molar-refractivity contribution is 5.98. The van der Waals surface area contributed by atoms with Crippen molar-refractivity contribution in [2.45, 2.75) is 68.9 Å². The molecule has 4 heterocycles. The van der Waals surface area contributed by atoms with Crippen LogP contribution in [0.1, 0.15) is 50.7 Å². The fourth-order valence-corrected chi connectivity index (χ4v) is 8.01. The Kier molecular flexibility index (Phi) is 12.3. The number of carbonyl (C=O) groups excluding carboxylic acids is 4. The van der Waals surface area contributed by atoms with Gasteiger partial charge in [-0.15, -0.1) is 13.2 Å². The van der Waals surface area contributed by atoms with E-state index in [0.717, 1.165) is 18.7 Å². The van der Waals surface area contributed by atoms with E-state index < -0.39 is 47.7 Å². The van der Waals surface area contributed by atoms with Crippen LogP contribution in [0.5, 0.6) is 0 Å². The van der Waals surface area contributed by atoms with E-state index in [1.54, 1.807) is 29.0 Å². The van der Waals surface area contributed by atoms with Gasteiger partial charge in [-0.25, -0.2) is 0 Å². The van der Waals surface area contributed by atoms with Gasteiger partial charge in [0.05, 0.1) is 37.2 Å². The van der Waals surface area contributed by atoms with E-state index in [9.17, 15) is 24.3 Å². The first-order valence-electron chi connectivity index (χ1n) is 17.6. The molecule has 0 radical (unpaired) electrons. The standard InChI is InChI=1S/C37H52N4O8/c1-5-7-14-29(43)38(4)26(3)32(27-12-9-8-10-13-27)48-36(46)30-28-15-16-37(49-28)31(30)34(44)41(18-11-23-42)33(37)35(45)40(17-6-2)20-19-39-21-24-47-25-22-39/h5-6,8-10,12-13,26,28,30-33,42H,1-2,7,11,14-25H2,3-4H3/t26-,28+,30-,31-,32+,33+,37-/m0/s1. The lowest BCUT2D eigenvalue weighted by Gasteiger charge is -2.37. The summed E-state index contributed by atoms with van der Waals surface area (Å²) in [7, 11) is 1.69. The van der Waals surface area contributed by atoms with Gasteiger partial charge in [0.15, 0.2) is 0 Å². The summed E-state index contributed by atoms with van der Waals surface area (Å²) < 4.78 is 18.4. The van der Waals surface area contributed by atoms with E-state index in [1.165, 1.54) is 4.90 Å². The zero-order chi connectivity index (χ0) is 35.1. The maximum atomic E-state index is 14.5. The number of aliphatic hydroxyl groups excluding tert-OH is 1. The molecule has 0 aliphatic carbocycles. The van der Waals surface area contributed by atoms with E-state index in [4.69, 9.17) is 14.2 Å². The number of hydrogen-bond donors (Lipinski definition) is 1. The number of rotatable bonds is 17. The van der Waals surface area contributed by atoms with Crippen LogP contribution in [0.25, 0.3) is 0 Å². The largest absolute Gasteiger partial charge is 0.455 e. The maximum absolute atomic E-state index is 14.5. The molecule has 7 atom stereocenters. The second-order valence-corrected chi connectivity index (χ2v) is 13.5. The fraction of sp³-hybridized carbons (Fsp3) is 0.622. The molecule has 1 spiro atoms. The quantitative estimate of drug-likeness (QED) is 0.195. The van der Waals surface area contributed by atoms with Crippen molar-refractivity contribution in [3.8, 4) is 0 Å². The van der Waals surface area contributed by atoms with Gasteiger partial charge in [0, 0.05) is 59.3 Å². The minimum absolute atomic E-state index is 0.101. The molecule has 12 heteroatoms. The molecule has 5 rings (SSSR count). The van der Waals surface area contributed by atoms with Crippen molar-refractivity contribution in [2.75, 3.05) is 66.1 Å². The van der Waals surface area contributed by atoms with Gasteiger partial charge in [-0.1, -0.05) is 42.5 Å². The van der Waals surface area contributed by atoms with Crippen LogP contribution in [0.2, 0.25) is 0 Å². The topological polar surface area (TPSA) is 129 Å². The second-order valence-electron chi connectivity index (χ2n) is 13.5. The number of likely N-dealkylation sites (tertiary alicyclic amines) is 1. The molecule has 4 aliphatic heterocycles. The lowest BCUT2D eigenvalue weighted by molar-refractivity contribution is -0.164. The summed E-state index contributed by atoms with van der Waals surface area (Å²) in [4.78, 5) is 63.3. The van der Waals surface area contributed by atoms with Crippen molar-refractivity contribution >= 4 is 23.7 Å². The Hall–Kier alpha value is -3.58. The summed E-state index contributed by atoms with van der Waals surface area (Å²) in [6.07, 6.45) is 4.03. The number of nitrogens with zero attached hydrogens (tertiary/aromatic N) is 4. The van der Waals surface area contributed by atoms with Crippen LogP contribution in [0, 0.1) is 11.8 Å². The number of carbonyl (C=O) groups is 4. The van der Waals surface area contributed by atoms with E-state index in [2.05, 4.69) is 18.1 Å². The van der Waals surface area contributed by atoms with Gasteiger partial charge in [-0.2, -0.15) is 0 Å². The van der Waals surface area contributed by atoms with E-state index in [1.807, 2.05) is 37.3 Å². The number of morpholine rings is 1. The number of esters is 1. The number of likely N-dealkylation sites (N-methyl/N-ethyl adjacent to an activating group) is 1. The third-order valence-corrected chi connectivity index (χ3v) is 10.7. The number of benzene rings is 1. The van der Waals surface area contributed by atoms with Gasteiger partial charge in [-0.05, 0) is 38.2 Å².